The average Bonchev–Trinajstić information content (AvgIpc) is 2.43. The Hall–Kier alpha value is -0.570. The summed E-state index contributed by atoms with van der Waals surface area (Å²) < 4.78 is 5.11. The van der Waals surface area contributed by atoms with Gasteiger partial charge in [0.05, 0.1) is 13.0 Å². The summed E-state index contributed by atoms with van der Waals surface area (Å²) in [4.78, 5) is 14.0. The zero-order chi connectivity index (χ0) is 12.4. The van der Waals surface area contributed by atoms with Gasteiger partial charge in [0.1, 0.15) is 0 Å². The molecule has 16 heavy (non-hydrogen) atoms. The summed E-state index contributed by atoms with van der Waals surface area (Å²) in [7, 11) is 4.15. The molecule has 0 aliphatic heterocycles. The van der Waals surface area contributed by atoms with E-state index < -0.39 is 0 Å². The van der Waals surface area contributed by atoms with E-state index in [9.17, 15) is 4.79 Å². The first-order chi connectivity index (χ1) is 7.35. The summed E-state index contributed by atoms with van der Waals surface area (Å²) in [6, 6.07) is 0. The number of hydrogen-bond acceptors (Lipinski definition) is 3. The van der Waals surface area contributed by atoms with E-state index in [0.717, 1.165) is 6.42 Å². The van der Waals surface area contributed by atoms with E-state index in [-0.39, 0.29) is 16.9 Å². The van der Waals surface area contributed by atoms with Gasteiger partial charge in [0.2, 0.25) is 0 Å². The lowest BCUT2D eigenvalue weighted by atomic mass is 9.72. The molecule has 0 N–H and O–H groups in total. The van der Waals surface area contributed by atoms with Crippen molar-refractivity contribution in [1.82, 2.24) is 4.90 Å². The van der Waals surface area contributed by atoms with Crippen molar-refractivity contribution in [2.24, 2.45) is 5.41 Å². The van der Waals surface area contributed by atoms with Gasteiger partial charge in [-0.25, -0.2) is 0 Å². The van der Waals surface area contributed by atoms with E-state index in [1.54, 1.807) is 0 Å². The van der Waals surface area contributed by atoms with Crippen LogP contribution in [0.4, 0.5) is 0 Å². The Morgan fingerprint density at radius 3 is 2.31 bits per heavy atom. The van der Waals surface area contributed by atoms with Crippen LogP contribution >= 0.6 is 0 Å². The molecule has 1 fully saturated rings. The fraction of sp³-hybridized carbons (Fsp3) is 0.923. The van der Waals surface area contributed by atoms with E-state index in [1.807, 2.05) is 6.92 Å². The molecule has 0 aromatic heterocycles. The molecule has 0 radical (unpaired) electrons. The minimum absolute atomic E-state index is 0.0285. The van der Waals surface area contributed by atoms with Gasteiger partial charge in [0.25, 0.3) is 0 Å². The Labute approximate surface area is 99.1 Å². The molecule has 0 amide bonds. The molecule has 94 valence electrons. The molecule has 0 bridgehead atoms. The Morgan fingerprint density at radius 1 is 1.31 bits per heavy atom. The normalized spacial score (nSPS) is 28.4. The van der Waals surface area contributed by atoms with Gasteiger partial charge in [-0.2, -0.15) is 0 Å². The van der Waals surface area contributed by atoms with Gasteiger partial charge in [-0.15, -0.1) is 0 Å². The van der Waals surface area contributed by atoms with E-state index in [0.29, 0.717) is 13.0 Å². The van der Waals surface area contributed by atoms with E-state index in [1.165, 1.54) is 12.8 Å². The fourth-order valence-corrected chi connectivity index (χ4v) is 3.16. The van der Waals surface area contributed by atoms with Crippen LogP contribution in [0.3, 0.4) is 0 Å². The van der Waals surface area contributed by atoms with E-state index in [4.69, 9.17) is 4.74 Å². The summed E-state index contributed by atoms with van der Waals surface area (Å²) in [5.41, 5.74) is 0.155. The Kier molecular flexibility index (Phi) is 4.00. The third-order valence-corrected chi connectivity index (χ3v) is 4.25. The summed E-state index contributed by atoms with van der Waals surface area (Å²) in [5, 5.41) is 0. The summed E-state index contributed by atoms with van der Waals surface area (Å²) in [6.07, 6.45) is 3.99. The maximum Gasteiger partial charge on any atom is 0.307 e. The lowest BCUT2D eigenvalue weighted by molar-refractivity contribution is -0.148. The molecule has 3 heteroatoms. The maximum absolute atomic E-state index is 11.7. The second kappa shape index (κ2) is 4.74. The van der Waals surface area contributed by atoms with Crippen molar-refractivity contribution in [3.8, 4) is 0 Å². The quantitative estimate of drug-likeness (QED) is 0.691. The number of nitrogens with zero attached hydrogens (tertiary/aromatic N) is 1. The van der Waals surface area contributed by atoms with Gasteiger partial charge in [-0.05, 0) is 39.3 Å². The summed E-state index contributed by atoms with van der Waals surface area (Å²) in [5.74, 6) is -0.0637. The van der Waals surface area contributed by atoms with Gasteiger partial charge >= 0.3 is 5.97 Å². The van der Waals surface area contributed by atoms with Crippen LogP contribution in [-0.4, -0.2) is 37.1 Å². The first-order valence-electron chi connectivity index (χ1n) is 6.19. The summed E-state index contributed by atoms with van der Waals surface area (Å²) >= 11 is 0. The fourth-order valence-electron chi connectivity index (χ4n) is 3.16. The molecule has 0 aromatic carbocycles. The molecule has 1 aliphatic carbocycles. The number of carbonyl (C=O) groups is 1. The zero-order valence-electron chi connectivity index (χ0n) is 11.3. The molecule has 1 unspecified atom stereocenters. The van der Waals surface area contributed by atoms with Gasteiger partial charge in [0, 0.05) is 5.54 Å². The predicted molar refractivity (Wildman–Crippen MR) is 65.3 cm³/mol. The molecule has 1 atom stereocenters. The van der Waals surface area contributed by atoms with Crippen molar-refractivity contribution in [2.45, 2.75) is 52.0 Å². The van der Waals surface area contributed by atoms with Gasteiger partial charge in [-0.1, -0.05) is 20.3 Å². The highest BCUT2D eigenvalue weighted by Crippen LogP contribution is 2.50. The Morgan fingerprint density at radius 2 is 1.94 bits per heavy atom. The molecule has 1 rings (SSSR count). The van der Waals surface area contributed by atoms with Gasteiger partial charge in [-0.3, -0.25) is 4.79 Å². The highest BCUT2D eigenvalue weighted by atomic mass is 16.5. The van der Waals surface area contributed by atoms with Crippen LogP contribution in [0.1, 0.15) is 46.5 Å². The number of carbonyl (C=O) groups excluding carboxylic acids is 1. The number of hydrogen-bond donors (Lipinski definition) is 0. The molecular weight excluding hydrogens is 202 g/mol. The highest BCUT2D eigenvalue weighted by molar-refractivity contribution is 5.71. The minimum atomic E-state index is -0.0637. The first-order valence-corrected chi connectivity index (χ1v) is 6.19. The molecule has 1 saturated carbocycles. The van der Waals surface area contributed by atoms with Crippen molar-refractivity contribution < 1.29 is 9.53 Å². The van der Waals surface area contributed by atoms with E-state index in [2.05, 4.69) is 32.8 Å². The standard InChI is InChI=1S/C13H25NO2/c1-6-16-11(15)10-13(14(4)5)9-7-8-12(13,2)3/h6-10H2,1-5H3. The third-order valence-electron chi connectivity index (χ3n) is 4.25. The molecule has 0 spiro atoms. The zero-order valence-corrected chi connectivity index (χ0v) is 11.3. The predicted octanol–water partition coefficient (Wildman–Crippen LogP) is 2.45. The second-order valence-electron chi connectivity index (χ2n) is 5.65. The van der Waals surface area contributed by atoms with Crippen molar-refractivity contribution in [1.29, 1.82) is 0 Å². The monoisotopic (exact) mass is 227 g/mol. The van der Waals surface area contributed by atoms with Crippen LogP contribution in [0.5, 0.6) is 0 Å². The number of ether oxygens (including phenoxy) is 1. The van der Waals surface area contributed by atoms with Gasteiger partial charge < -0.3 is 9.64 Å². The lowest BCUT2D eigenvalue weighted by Gasteiger charge is -2.46. The van der Waals surface area contributed by atoms with Crippen molar-refractivity contribution in [3.05, 3.63) is 0 Å². The largest absolute Gasteiger partial charge is 0.466 e. The van der Waals surface area contributed by atoms with Crippen LogP contribution in [-0.2, 0) is 9.53 Å². The molecule has 0 saturated heterocycles. The molecule has 0 aromatic rings. The molecule has 3 nitrogen and oxygen atoms in total. The Bertz CT molecular complexity index is 261. The number of esters is 1. The molecule has 0 heterocycles. The third kappa shape index (κ3) is 2.24. The van der Waals surface area contributed by atoms with Crippen molar-refractivity contribution in [3.63, 3.8) is 0 Å². The van der Waals surface area contributed by atoms with Crippen LogP contribution < -0.4 is 0 Å². The second-order valence-corrected chi connectivity index (χ2v) is 5.65. The topological polar surface area (TPSA) is 29.5 Å². The smallest absolute Gasteiger partial charge is 0.307 e. The average molecular weight is 227 g/mol. The number of rotatable bonds is 4. The van der Waals surface area contributed by atoms with Crippen LogP contribution in [0.25, 0.3) is 0 Å². The minimum Gasteiger partial charge on any atom is -0.466 e. The van der Waals surface area contributed by atoms with Crippen LogP contribution in [0.2, 0.25) is 0 Å². The highest BCUT2D eigenvalue weighted by Gasteiger charge is 2.51. The van der Waals surface area contributed by atoms with Crippen molar-refractivity contribution in [2.75, 3.05) is 20.7 Å². The lowest BCUT2D eigenvalue weighted by Crippen LogP contribution is -2.53. The molecular formula is C13H25NO2. The first kappa shape index (κ1) is 13.5. The van der Waals surface area contributed by atoms with Crippen LogP contribution in [0.15, 0.2) is 0 Å². The Balaban J connectivity index is 2.86. The summed E-state index contributed by atoms with van der Waals surface area (Å²) in [6.45, 7) is 6.86. The van der Waals surface area contributed by atoms with Crippen molar-refractivity contribution >= 4 is 5.97 Å². The molecule has 1 aliphatic rings. The SMILES string of the molecule is CCOC(=O)CC1(N(C)C)CCCC1(C)C. The van der Waals surface area contributed by atoms with Crippen LogP contribution in [0, 0.1) is 5.41 Å². The van der Waals surface area contributed by atoms with E-state index >= 15 is 0 Å². The van der Waals surface area contributed by atoms with Gasteiger partial charge in [0.15, 0.2) is 0 Å². The maximum atomic E-state index is 11.7.